The maximum atomic E-state index is 8.46. The van der Waals surface area contributed by atoms with E-state index in [4.69, 9.17) is 5.26 Å². The van der Waals surface area contributed by atoms with Gasteiger partial charge in [0.15, 0.2) is 0 Å². The van der Waals surface area contributed by atoms with Crippen LogP contribution in [0.15, 0.2) is 0 Å². The van der Waals surface area contributed by atoms with Crippen molar-refractivity contribution in [1.29, 1.82) is 5.26 Å². The molecule has 2 nitrogen and oxygen atoms in total. The fourth-order valence-electron chi connectivity index (χ4n) is 2.00. The van der Waals surface area contributed by atoms with Crippen molar-refractivity contribution in [1.82, 2.24) is 4.90 Å². The van der Waals surface area contributed by atoms with Gasteiger partial charge < -0.3 is 0 Å². The van der Waals surface area contributed by atoms with Crippen molar-refractivity contribution >= 4 is 0 Å². The molecule has 54 valence electrons. The molecule has 0 spiro atoms. The summed E-state index contributed by atoms with van der Waals surface area (Å²) in [6.45, 7) is 1.82. The predicted molar refractivity (Wildman–Crippen MR) is 38.3 cm³/mol. The largest absolute Gasteiger partial charge is 0.287 e. The van der Waals surface area contributed by atoms with Gasteiger partial charge in [0.25, 0.3) is 0 Å². The Bertz CT molecular complexity index is 171. The first kappa shape index (κ1) is 6.18. The van der Waals surface area contributed by atoms with E-state index >= 15 is 0 Å². The minimum Gasteiger partial charge on any atom is -0.287 e. The van der Waals surface area contributed by atoms with Gasteiger partial charge in [-0.1, -0.05) is 0 Å². The molecule has 1 saturated heterocycles. The van der Waals surface area contributed by atoms with E-state index in [1.165, 1.54) is 19.3 Å². The molecule has 0 aromatic carbocycles. The van der Waals surface area contributed by atoms with Gasteiger partial charge in [0.1, 0.15) is 0 Å². The van der Waals surface area contributed by atoms with Gasteiger partial charge in [-0.25, -0.2) is 0 Å². The number of rotatable bonds is 1. The number of nitrogens with zero attached hydrogens (tertiary/aromatic N) is 2. The molecule has 0 N–H and O–H groups in total. The Kier molecular flexibility index (Phi) is 1.39. The van der Waals surface area contributed by atoms with Crippen molar-refractivity contribution in [3.8, 4) is 6.07 Å². The van der Waals surface area contributed by atoms with Crippen LogP contribution in [0.4, 0.5) is 0 Å². The van der Waals surface area contributed by atoms with E-state index in [1.807, 2.05) is 0 Å². The Hall–Kier alpha value is -0.550. The first-order valence-electron chi connectivity index (χ1n) is 4.03. The molecule has 0 amide bonds. The molecule has 0 bridgehead atoms. The van der Waals surface area contributed by atoms with E-state index in [1.54, 1.807) is 0 Å². The van der Waals surface area contributed by atoms with E-state index in [-0.39, 0.29) is 0 Å². The Labute approximate surface area is 61.4 Å². The van der Waals surface area contributed by atoms with Gasteiger partial charge in [0.2, 0.25) is 0 Å². The average molecular weight is 136 g/mol. The molecule has 0 unspecified atom stereocenters. The van der Waals surface area contributed by atoms with Crippen molar-refractivity contribution in [2.24, 2.45) is 5.92 Å². The maximum Gasteiger partial charge on any atom is 0.0868 e. The van der Waals surface area contributed by atoms with Crippen molar-refractivity contribution in [3.63, 3.8) is 0 Å². The lowest BCUT2D eigenvalue weighted by atomic mass is 10.1. The highest BCUT2D eigenvalue weighted by Gasteiger charge is 2.43. The molecule has 2 heteroatoms. The molecule has 2 atom stereocenters. The molecular formula is C8H12N2. The molecule has 0 aromatic rings. The van der Waals surface area contributed by atoms with Gasteiger partial charge in [0, 0.05) is 6.04 Å². The number of hydrogen-bond acceptors (Lipinski definition) is 2. The monoisotopic (exact) mass is 136 g/mol. The van der Waals surface area contributed by atoms with E-state index in [0.29, 0.717) is 6.54 Å². The predicted octanol–water partition coefficient (Wildman–Crippen LogP) is 0.994. The van der Waals surface area contributed by atoms with E-state index in [2.05, 4.69) is 11.0 Å². The third-order valence-electron chi connectivity index (χ3n) is 2.65. The summed E-state index contributed by atoms with van der Waals surface area (Å²) in [6.07, 6.45) is 4.08. The molecule has 10 heavy (non-hydrogen) atoms. The molecule has 0 radical (unpaired) electrons. The highest BCUT2D eigenvalue weighted by Crippen LogP contribution is 2.42. The minimum atomic E-state index is 0.654. The normalized spacial score (nSPS) is 38.3. The molecule has 1 aliphatic carbocycles. The summed E-state index contributed by atoms with van der Waals surface area (Å²) < 4.78 is 0. The number of hydrogen-bond donors (Lipinski definition) is 0. The quantitative estimate of drug-likeness (QED) is 0.503. The zero-order chi connectivity index (χ0) is 6.97. The standard InChI is InChI=1S/C8H12N2/c9-3-5-10-4-1-2-7-6-8(7)10/h7-8H,1-2,4-6H2/t7-,8+/m1/s1. The van der Waals surface area contributed by atoms with Crippen LogP contribution in [0.2, 0.25) is 0 Å². The van der Waals surface area contributed by atoms with Crippen molar-refractivity contribution in [2.45, 2.75) is 25.3 Å². The fourth-order valence-corrected chi connectivity index (χ4v) is 2.00. The average Bonchev–Trinajstić information content (AvgIpc) is 2.67. The van der Waals surface area contributed by atoms with Crippen molar-refractivity contribution in [2.75, 3.05) is 13.1 Å². The minimum absolute atomic E-state index is 0.654. The summed E-state index contributed by atoms with van der Waals surface area (Å²) in [6, 6.07) is 3.02. The Morgan fingerprint density at radius 2 is 2.50 bits per heavy atom. The maximum absolute atomic E-state index is 8.46. The summed E-state index contributed by atoms with van der Waals surface area (Å²) in [4.78, 5) is 2.33. The summed E-state index contributed by atoms with van der Waals surface area (Å²) in [5, 5.41) is 8.46. The van der Waals surface area contributed by atoms with Crippen LogP contribution in [0.1, 0.15) is 19.3 Å². The van der Waals surface area contributed by atoms with Gasteiger partial charge in [-0.3, -0.25) is 4.90 Å². The summed E-state index contributed by atoms with van der Waals surface area (Å²) in [5.74, 6) is 0.960. The fraction of sp³-hybridized carbons (Fsp3) is 0.875. The van der Waals surface area contributed by atoms with Crippen LogP contribution in [0.3, 0.4) is 0 Å². The molecule has 1 heterocycles. The lowest BCUT2D eigenvalue weighted by molar-refractivity contribution is 0.240. The van der Waals surface area contributed by atoms with Gasteiger partial charge in [0.05, 0.1) is 12.6 Å². The van der Waals surface area contributed by atoms with Crippen LogP contribution in [-0.2, 0) is 0 Å². The molecule has 2 fully saturated rings. The van der Waals surface area contributed by atoms with E-state index in [0.717, 1.165) is 18.5 Å². The van der Waals surface area contributed by atoms with Gasteiger partial charge >= 0.3 is 0 Å². The summed E-state index contributed by atoms with van der Waals surface area (Å²) in [5.41, 5.74) is 0. The number of nitriles is 1. The van der Waals surface area contributed by atoms with Gasteiger partial charge in [-0.05, 0) is 31.7 Å². The third-order valence-corrected chi connectivity index (χ3v) is 2.65. The van der Waals surface area contributed by atoms with Crippen molar-refractivity contribution in [3.05, 3.63) is 0 Å². The molecule has 1 aliphatic heterocycles. The number of fused-ring (bicyclic) bond motifs is 1. The lowest BCUT2D eigenvalue weighted by Gasteiger charge is -2.22. The molecular weight excluding hydrogens is 124 g/mol. The summed E-state index contributed by atoms with van der Waals surface area (Å²) >= 11 is 0. The SMILES string of the molecule is N#CCN1CCC[C@@H]2C[C@@H]21. The Morgan fingerprint density at radius 1 is 1.60 bits per heavy atom. The Morgan fingerprint density at radius 3 is 3.30 bits per heavy atom. The second-order valence-electron chi connectivity index (χ2n) is 3.33. The van der Waals surface area contributed by atoms with Crippen molar-refractivity contribution < 1.29 is 0 Å². The molecule has 2 rings (SSSR count). The van der Waals surface area contributed by atoms with Gasteiger partial charge in [-0.15, -0.1) is 0 Å². The zero-order valence-corrected chi connectivity index (χ0v) is 6.08. The van der Waals surface area contributed by atoms with E-state index < -0.39 is 0 Å². The number of piperidine rings is 1. The van der Waals surface area contributed by atoms with Crippen LogP contribution >= 0.6 is 0 Å². The second kappa shape index (κ2) is 2.25. The van der Waals surface area contributed by atoms with Crippen LogP contribution in [0, 0.1) is 17.2 Å². The smallest absolute Gasteiger partial charge is 0.0868 e. The van der Waals surface area contributed by atoms with Crippen LogP contribution < -0.4 is 0 Å². The third kappa shape index (κ3) is 0.911. The highest BCUT2D eigenvalue weighted by atomic mass is 15.2. The Balaban J connectivity index is 1.91. The second-order valence-corrected chi connectivity index (χ2v) is 3.33. The first-order valence-corrected chi connectivity index (χ1v) is 4.03. The first-order chi connectivity index (χ1) is 4.92. The zero-order valence-electron chi connectivity index (χ0n) is 6.08. The highest BCUT2D eigenvalue weighted by molar-refractivity contribution is 5.00. The van der Waals surface area contributed by atoms with Crippen LogP contribution in [0.5, 0.6) is 0 Å². The molecule has 2 aliphatic rings. The number of likely N-dealkylation sites (tertiary alicyclic amines) is 1. The van der Waals surface area contributed by atoms with Crippen LogP contribution in [0.25, 0.3) is 0 Å². The molecule has 0 aromatic heterocycles. The van der Waals surface area contributed by atoms with E-state index in [9.17, 15) is 0 Å². The van der Waals surface area contributed by atoms with Gasteiger partial charge in [-0.2, -0.15) is 5.26 Å². The topological polar surface area (TPSA) is 27.0 Å². The summed E-state index contributed by atoms with van der Waals surface area (Å²) in [7, 11) is 0. The lowest BCUT2D eigenvalue weighted by Crippen LogP contribution is -2.31. The molecule has 1 saturated carbocycles. The van der Waals surface area contributed by atoms with Crippen LogP contribution in [-0.4, -0.2) is 24.0 Å².